The quantitative estimate of drug-likeness (QED) is 0.399. The van der Waals surface area contributed by atoms with Gasteiger partial charge in [0, 0.05) is 18.4 Å². The number of likely N-dealkylation sites (tertiary alicyclic amines) is 2. The third-order valence-corrected chi connectivity index (χ3v) is 12.6. The lowest BCUT2D eigenvalue weighted by Crippen LogP contribution is -2.79. The van der Waals surface area contributed by atoms with E-state index >= 15 is 0 Å². The second-order valence-corrected chi connectivity index (χ2v) is 17.4. The van der Waals surface area contributed by atoms with Crippen molar-refractivity contribution in [1.29, 1.82) is 0 Å². The van der Waals surface area contributed by atoms with Gasteiger partial charge >= 0.3 is 6.09 Å². The predicted octanol–water partition coefficient (Wildman–Crippen LogP) is 5.32. The van der Waals surface area contributed by atoms with Gasteiger partial charge in [-0.05, 0) is 78.6 Å². The molecule has 3 rings (SSSR count). The topological polar surface area (TPSA) is 84.9 Å². The Balaban J connectivity index is 1.97. The maximum Gasteiger partial charge on any atom is 0.411 e. The second-order valence-electron chi connectivity index (χ2n) is 12.7. The Morgan fingerprint density at radius 1 is 1.14 bits per heavy atom. The van der Waals surface area contributed by atoms with Gasteiger partial charge in [0.15, 0.2) is 14.1 Å². The molecule has 2 amide bonds. The van der Waals surface area contributed by atoms with Crippen LogP contribution in [0.1, 0.15) is 87.0 Å². The number of carbonyl (C=O) groups excluding carboxylic acids is 2. The molecule has 2 fully saturated rings. The number of carbonyl (C=O) groups is 2. The monoisotopic (exact) mass is 504 g/mol. The van der Waals surface area contributed by atoms with Crippen LogP contribution < -0.4 is 0 Å². The highest BCUT2D eigenvalue weighted by Gasteiger charge is 2.69. The van der Waals surface area contributed by atoms with Gasteiger partial charge in [-0.2, -0.15) is 0 Å². The summed E-state index contributed by atoms with van der Waals surface area (Å²) in [6.45, 7) is 22.6. The molecule has 1 aromatic heterocycles. The molecule has 2 saturated heterocycles. The van der Waals surface area contributed by atoms with Crippen LogP contribution in [0.15, 0.2) is 18.5 Å². The Bertz CT molecular complexity index is 943. The van der Waals surface area contributed by atoms with E-state index in [0.29, 0.717) is 12.2 Å². The Hall–Kier alpha value is -2.00. The third-order valence-electron chi connectivity index (χ3n) is 8.00. The van der Waals surface area contributed by atoms with Crippen LogP contribution in [0.3, 0.4) is 0 Å². The third kappa shape index (κ3) is 4.86. The van der Waals surface area contributed by atoms with Crippen molar-refractivity contribution in [3.8, 4) is 0 Å². The molecule has 8 nitrogen and oxygen atoms in total. The number of ether oxygens (including phenoxy) is 1. The normalized spacial score (nSPS) is 27.1. The summed E-state index contributed by atoms with van der Waals surface area (Å²) in [7, 11) is -2.13. The summed E-state index contributed by atoms with van der Waals surface area (Å²) in [5.74, 6) is 0.479. The van der Waals surface area contributed by atoms with Crippen molar-refractivity contribution in [2.75, 3.05) is 0 Å². The van der Waals surface area contributed by atoms with Gasteiger partial charge in [-0.3, -0.25) is 9.69 Å². The van der Waals surface area contributed by atoms with Gasteiger partial charge in [0.05, 0.1) is 12.1 Å². The largest absolute Gasteiger partial charge is 0.444 e. The van der Waals surface area contributed by atoms with Gasteiger partial charge in [-0.1, -0.05) is 20.8 Å². The molecule has 1 spiro atoms. The van der Waals surface area contributed by atoms with Crippen LogP contribution in [0.2, 0.25) is 18.1 Å². The van der Waals surface area contributed by atoms with Crippen molar-refractivity contribution in [1.82, 2.24) is 19.8 Å². The van der Waals surface area contributed by atoms with Crippen molar-refractivity contribution in [2.24, 2.45) is 0 Å². The average molecular weight is 505 g/mol. The van der Waals surface area contributed by atoms with Gasteiger partial charge in [0.25, 0.3) is 5.91 Å². The molecule has 0 aliphatic carbocycles. The van der Waals surface area contributed by atoms with E-state index in [9.17, 15) is 9.59 Å². The fourth-order valence-corrected chi connectivity index (χ4v) is 6.60. The summed E-state index contributed by atoms with van der Waals surface area (Å²) in [6.07, 6.45) is 4.03. The molecule has 1 aromatic rings. The lowest BCUT2D eigenvalue weighted by atomic mass is 9.75. The van der Waals surface area contributed by atoms with Crippen molar-refractivity contribution in [2.45, 2.75) is 129 Å². The molecule has 35 heavy (non-hydrogen) atoms. The van der Waals surface area contributed by atoms with E-state index in [-0.39, 0.29) is 29.1 Å². The highest BCUT2D eigenvalue weighted by atomic mass is 28.4. The van der Waals surface area contributed by atoms with E-state index in [1.54, 1.807) is 23.4 Å². The van der Waals surface area contributed by atoms with Crippen molar-refractivity contribution in [3.05, 3.63) is 24.3 Å². The molecule has 0 bridgehead atoms. The smallest absolute Gasteiger partial charge is 0.411 e. The zero-order valence-electron chi connectivity index (χ0n) is 23.4. The van der Waals surface area contributed by atoms with Crippen LogP contribution in [0.4, 0.5) is 4.79 Å². The summed E-state index contributed by atoms with van der Waals surface area (Å²) in [4.78, 5) is 39.9. The molecule has 5 atom stereocenters. The summed E-state index contributed by atoms with van der Waals surface area (Å²) < 4.78 is 12.5. The van der Waals surface area contributed by atoms with Gasteiger partial charge < -0.3 is 14.1 Å². The SMILES string of the molecule is CC(O[Si](C)(C)C(C)(C)C)C(c1ncccn1)N1C(=O)C2(CCC(C)N2C(=O)OC(C)(C)C)C1C. The van der Waals surface area contributed by atoms with Crippen LogP contribution in [-0.2, 0) is 14.0 Å². The molecule has 0 saturated carbocycles. The van der Waals surface area contributed by atoms with Gasteiger partial charge in [0.2, 0.25) is 0 Å². The molecule has 2 aliphatic rings. The van der Waals surface area contributed by atoms with E-state index < -0.39 is 31.6 Å². The van der Waals surface area contributed by atoms with E-state index in [0.717, 1.165) is 6.42 Å². The first kappa shape index (κ1) is 27.6. The van der Waals surface area contributed by atoms with Crippen molar-refractivity contribution in [3.63, 3.8) is 0 Å². The lowest BCUT2D eigenvalue weighted by molar-refractivity contribution is -0.182. The minimum Gasteiger partial charge on any atom is -0.444 e. The number of rotatable bonds is 5. The lowest BCUT2D eigenvalue weighted by Gasteiger charge is -2.60. The number of aromatic nitrogens is 2. The molecular weight excluding hydrogens is 460 g/mol. The fourth-order valence-electron chi connectivity index (χ4n) is 5.18. The molecule has 0 radical (unpaired) electrons. The minimum atomic E-state index is -2.13. The van der Waals surface area contributed by atoms with Crippen molar-refractivity contribution < 1.29 is 18.8 Å². The Labute approximate surface area is 211 Å². The van der Waals surface area contributed by atoms with Gasteiger partial charge in [0.1, 0.15) is 17.2 Å². The highest BCUT2D eigenvalue weighted by Crippen LogP contribution is 2.51. The van der Waals surface area contributed by atoms with Crippen molar-refractivity contribution >= 4 is 20.3 Å². The molecule has 5 unspecified atom stereocenters. The maximum atomic E-state index is 14.1. The number of nitrogens with zero attached hydrogens (tertiary/aromatic N) is 4. The zero-order chi connectivity index (χ0) is 26.6. The predicted molar refractivity (Wildman–Crippen MR) is 138 cm³/mol. The average Bonchev–Trinajstić information content (AvgIpc) is 3.09. The van der Waals surface area contributed by atoms with Gasteiger partial charge in [-0.15, -0.1) is 0 Å². The fraction of sp³-hybridized carbons (Fsp3) is 0.769. The first-order valence-corrected chi connectivity index (χ1v) is 15.6. The van der Waals surface area contributed by atoms with E-state index in [1.165, 1.54) is 0 Å². The van der Waals surface area contributed by atoms with Crippen LogP contribution in [0.5, 0.6) is 0 Å². The van der Waals surface area contributed by atoms with Crippen LogP contribution in [-0.4, -0.2) is 69.4 Å². The molecule has 196 valence electrons. The Kier molecular flexibility index (Phi) is 7.20. The van der Waals surface area contributed by atoms with Crippen LogP contribution >= 0.6 is 0 Å². The number of hydrogen-bond donors (Lipinski definition) is 0. The number of β-lactam (4-membered cyclic amide) rings is 1. The van der Waals surface area contributed by atoms with E-state index in [1.807, 2.05) is 46.4 Å². The van der Waals surface area contributed by atoms with E-state index in [2.05, 4.69) is 43.8 Å². The number of hydrogen-bond acceptors (Lipinski definition) is 6. The van der Waals surface area contributed by atoms with E-state index in [4.69, 9.17) is 9.16 Å². The molecule has 9 heteroatoms. The Morgan fingerprint density at radius 3 is 2.20 bits per heavy atom. The minimum absolute atomic E-state index is 0.0174. The highest BCUT2D eigenvalue weighted by molar-refractivity contribution is 6.74. The van der Waals surface area contributed by atoms with Crippen LogP contribution in [0.25, 0.3) is 0 Å². The standard InChI is InChI=1S/C26H44N4O4Si/c1-17-13-14-26(30(17)23(32)33-24(4,5)6)19(3)29(22(26)31)20(21-27-15-12-16-28-21)18(2)34-35(10,11)25(7,8)9/h12,15-20H,13-14H2,1-11H3. The van der Waals surface area contributed by atoms with Gasteiger partial charge in [-0.25, -0.2) is 14.8 Å². The zero-order valence-corrected chi connectivity index (χ0v) is 24.4. The summed E-state index contributed by atoms with van der Waals surface area (Å²) in [6, 6.07) is 1.01. The molecular formula is C26H44N4O4Si. The molecule has 3 heterocycles. The molecule has 0 N–H and O–H groups in total. The first-order valence-electron chi connectivity index (χ1n) is 12.7. The second kappa shape index (κ2) is 9.14. The molecule has 0 aromatic carbocycles. The number of amides is 2. The summed E-state index contributed by atoms with van der Waals surface area (Å²) >= 11 is 0. The Morgan fingerprint density at radius 2 is 1.71 bits per heavy atom. The van der Waals surface area contributed by atoms with Crippen LogP contribution in [0, 0.1) is 0 Å². The maximum absolute atomic E-state index is 14.1. The summed E-state index contributed by atoms with van der Waals surface area (Å²) in [5, 5.41) is 0.0174. The molecule has 2 aliphatic heterocycles. The first-order chi connectivity index (χ1) is 15.9. The summed E-state index contributed by atoms with van der Waals surface area (Å²) in [5.41, 5.74) is -1.55.